The SMILES string of the molecule is CCn1c(=O)c(C(=O)N2COCC2(C)C)cc2cccnc21. The van der Waals surface area contributed by atoms with E-state index in [0.717, 1.165) is 5.39 Å². The predicted molar refractivity (Wildman–Crippen MR) is 82.7 cm³/mol. The number of ether oxygens (including phenoxy) is 1. The highest BCUT2D eigenvalue weighted by Crippen LogP contribution is 2.23. The number of hydrogen-bond donors (Lipinski definition) is 0. The van der Waals surface area contributed by atoms with E-state index in [2.05, 4.69) is 4.98 Å². The van der Waals surface area contributed by atoms with Crippen molar-refractivity contribution < 1.29 is 9.53 Å². The van der Waals surface area contributed by atoms with E-state index in [9.17, 15) is 9.59 Å². The van der Waals surface area contributed by atoms with Gasteiger partial charge in [0, 0.05) is 18.1 Å². The van der Waals surface area contributed by atoms with Crippen LogP contribution in [0.1, 0.15) is 31.1 Å². The Morgan fingerprint density at radius 3 is 2.86 bits per heavy atom. The summed E-state index contributed by atoms with van der Waals surface area (Å²) in [7, 11) is 0. The topological polar surface area (TPSA) is 64.4 Å². The number of hydrogen-bond acceptors (Lipinski definition) is 4. The lowest BCUT2D eigenvalue weighted by atomic mass is 10.0. The third-order valence-corrected chi connectivity index (χ3v) is 4.05. The minimum Gasteiger partial charge on any atom is -0.359 e. The van der Waals surface area contributed by atoms with Crippen molar-refractivity contribution in [3.05, 3.63) is 40.3 Å². The van der Waals surface area contributed by atoms with Gasteiger partial charge >= 0.3 is 0 Å². The summed E-state index contributed by atoms with van der Waals surface area (Å²) >= 11 is 0. The fourth-order valence-corrected chi connectivity index (χ4v) is 2.77. The predicted octanol–water partition coefficient (Wildman–Crippen LogP) is 1.62. The number of aryl methyl sites for hydroxylation is 1. The molecule has 116 valence electrons. The van der Waals surface area contributed by atoms with Crippen LogP contribution in [-0.2, 0) is 11.3 Å². The molecule has 6 nitrogen and oxygen atoms in total. The van der Waals surface area contributed by atoms with Gasteiger partial charge in [-0.25, -0.2) is 4.98 Å². The number of nitrogens with zero attached hydrogens (tertiary/aromatic N) is 3. The molecular weight excluding hydrogens is 282 g/mol. The van der Waals surface area contributed by atoms with Gasteiger partial charge in [0.2, 0.25) is 0 Å². The van der Waals surface area contributed by atoms with Crippen LogP contribution in [0.25, 0.3) is 11.0 Å². The smallest absolute Gasteiger partial charge is 0.265 e. The van der Waals surface area contributed by atoms with Gasteiger partial charge in [-0.05, 0) is 39.0 Å². The third kappa shape index (κ3) is 2.20. The van der Waals surface area contributed by atoms with Crippen molar-refractivity contribution in [2.45, 2.75) is 32.9 Å². The van der Waals surface area contributed by atoms with Gasteiger partial charge in [0.25, 0.3) is 11.5 Å². The molecule has 2 aromatic rings. The van der Waals surface area contributed by atoms with Gasteiger partial charge < -0.3 is 9.64 Å². The largest absolute Gasteiger partial charge is 0.359 e. The Bertz CT molecular complexity index is 795. The Morgan fingerprint density at radius 1 is 1.45 bits per heavy atom. The maximum Gasteiger partial charge on any atom is 0.265 e. The number of rotatable bonds is 2. The Balaban J connectivity index is 2.17. The Labute approximate surface area is 128 Å². The van der Waals surface area contributed by atoms with Crippen LogP contribution >= 0.6 is 0 Å². The second kappa shape index (κ2) is 5.21. The first-order valence-electron chi connectivity index (χ1n) is 7.34. The average Bonchev–Trinajstić information content (AvgIpc) is 2.85. The highest BCUT2D eigenvalue weighted by molar-refractivity contribution is 5.97. The fraction of sp³-hybridized carbons (Fsp3) is 0.438. The van der Waals surface area contributed by atoms with Crippen LogP contribution in [0.5, 0.6) is 0 Å². The molecule has 0 unspecified atom stereocenters. The van der Waals surface area contributed by atoms with Crippen molar-refractivity contribution in [1.82, 2.24) is 14.5 Å². The van der Waals surface area contributed by atoms with Crippen molar-refractivity contribution >= 4 is 16.9 Å². The van der Waals surface area contributed by atoms with Gasteiger partial charge in [-0.3, -0.25) is 14.2 Å². The lowest BCUT2D eigenvalue weighted by Crippen LogP contribution is -2.46. The molecule has 1 saturated heterocycles. The van der Waals surface area contributed by atoms with E-state index in [0.29, 0.717) is 18.8 Å². The van der Waals surface area contributed by atoms with E-state index in [1.807, 2.05) is 26.8 Å². The molecule has 0 spiro atoms. The summed E-state index contributed by atoms with van der Waals surface area (Å²) < 4.78 is 6.92. The fourth-order valence-electron chi connectivity index (χ4n) is 2.77. The number of carbonyl (C=O) groups is 1. The quantitative estimate of drug-likeness (QED) is 0.845. The van der Waals surface area contributed by atoms with Crippen molar-refractivity contribution in [3.8, 4) is 0 Å². The van der Waals surface area contributed by atoms with Gasteiger partial charge in [-0.15, -0.1) is 0 Å². The first-order valence-corrected chi connectivity index (χ1v) is 7.34. The minimum absolute atomic E-state index is 0.168. The second-order valence-electron chi connectivity index (χ2n) is 6.05. The van der Waals surface area contributed by atoms with Crippen LogP contribution in [0.3, 0.4) is 0 Å². The molecule has 0 atom stereocenters. The lowest BCUT2D eigenvalue weighted by Gasteiger charge is -2.29. The summed E-state index contributed by atoms with van der Waals surface area (Å²) in [5.74, 6) is -0.291. The first-order chi connectivity index (χ1) is 10.5. The Hall–Kier alpha value is -2.21. The average molecular weight is 301 g/mol. The molecule has 6 heteroatoms. The van der Waals surface area contributed by atoms with Gasteiger partial charge in [0.05, 0.1) is 12.1 Å². The van der Waals surface area contributed by atoms with E-state index in [1.165, 1.54) is 4.57 Å². The van der Waals surface area contributed by atoms with Crippen LogP contribution in [0.2, 0.25) is 0 Å². The first kappa shape index (κ1) is 14.7. The maximum atomic E-state index is 12.8. The van der Waals surface area contributed by atoms with Crippen LogP contribution in [-0.4, -0.2) is 39.2 Å². The van der Waals surface area contributed by atoms with E-state index in [4.69, 9.17) is 4.74 Å². The van der Waals surface area contributed by atoms with Crippen LogP contribution in [0.4, 0.5) is 0 Å². The number of pyridine rings is 2. The molecule has 1 fully saturated rings. The summed E-state index contributed by atoms with van der Waals surface area (Å²) in [6, 6.07) is 5.29. The van der Waals surface area contributed by atoms with E-state index in [1.54, 1.807) is 23.2 Å². The maximum absolute atomic E-state index is 12.8. The van der Waals surface area contributed by atoms with Crippen molar-refractivity contribution in [3.63, 3.8) is 0 Å². The monoisotopic (exact) mass is 301 g/mol. The lowest BCUT2D eigenvalue weighted by molar-refractivity contribution is 0.0603. The molecule has 1 aliphatic heterocycles. The van der Waals surface area contributed by atoms with Gasteiger partial charge in [-0.2, -0.15) is 0 Å². The van der Waals surface area contributed by atoms with E-state index < -0.39 is 5.54 Å². The zero-order valence-electron chi connectivity index (χ0n) is 13.0. The number of fused-ring (bicyclic) bond motifs is 1. The Morgan fingerprint density at radius 2 is 2.23 bits per heavy atom. The zero-order chi connectivity index (χ0) is 15.9. The van der Waals surface area contributed by atoms with Crippen molar-refractivity contribution in [2.75, 3.05) is 13.3 Å². The summed E-state index contributed by atoms with van der Waals surface area (Å²) in [6.45, 7) is 6.87. The summed E-state index contributed by atoms with van der Waals surface area (Å²) in [6.07, 6.45) is 1.65. The number of aromatic nitrogens is 2. The molecule has 0 bridgehead atoms. The molecule has 3 rings (SSSR count). The molecule has 2 aromatic heterocycles. The highest BCUT2D eigenvalue weighted by Gasteiger charge is 2.38. The van der Waals surface area contributed by atoms with Gasteiger partial charge in [-0.1, -0.05) is 0 Å². The van der Waals surface area contributed by atoms with E-state index in [-0.39, 0.29) is 23.8 Å². The summed E-state index contributed by atoms with van der Waals surface area (Å²) in [4.78, 5) is 31.3. The molecule has 0 N–H and O–H groups in total. The van der Waals surface area contributed by atoms with Crippen LogP contribution < -0.4 is 5.56 Å². The standard InChI is InChI=1S/C16H19N3O3/c1-4-18-13-11(6-5-7-17-13)8-12(14(18)20)15(21)19-10-22-9-16(19,2)3/h5-8H,4,9-10H2,1-3H3. The van der Waals surface area contributed by atoms with E-state index >= 15 is 0 Å². The van der Waals surface area contributed by atoms with Crippen LogP contribution in [0.15, 0.2) is 29.2 Å². The molecule has 22 heavy (non-hydrogen) atoms. The molecule has 0 aliphatic carbocycles. The van der Waals surface area contributed by atoms with Crippen molar-refractivity contribution in [2.24, 2.45) is 0 Å². The number of carbonyl (C=O) groups excluding carboxylic acids is 1. The summed E-state index contributed by atoms with van der Waals surface area (Å²) in [5, 5.41) is 0.783. The molecule has 0 radical (unpaired) electrons. The second-order valence-corrected chi connectivity index (χ2v) is 6.05. The Kier molecular flexibility index (Phi) is 3.48. The normalized spacial score (nSPS) is 17.1. The highest BCUT2D eigenvalue weighted by atomic mass is 16.5. The van der Waals surface area contributed by atoms with Crippen LogP contribution in [0, 0.1) is 0 Å². The third-order valence-electron chi connectivity index (χ3n) is 4.05. The molecule has 1 amide bonds. The molecule has 3 heterocycles. The summed E-state index contributed by atoms with van der Waals surface area (Å²) in [5.41, 5.74) is 0.0515. The molecule has 0 saturated carbocycles. The number of amides is 1. The minimum atomic E-state index is -0.412. The molecule has 0 aromatic carbocycles. The zero-order valence-corrected chi connectivity index (χ0v) is 13.0. The van der Waals surface area contributed by atoms with Gasteiger partial charge in [0.15, 0.2) is 0 Å². The van der Waals surface area contributed by atoms with Gasteiger partial charge in [0.1, 0.15) is 17.9 Å². The van der Waals surface area contributed by atoms with Crippen molar-refractivity contribution in [1.29, 1.82) is 0 Å². The molecular formula is C16H19N3O3. The molecule has 1 aliphatic rings.